The molecule has 0 bridgehead atoms. The number of hydrogen-bond acceptors (Lipinski definition) is 2. The molecular weight excluding hydrogens is 126 g/mol. The third-order valence-electron chi connectivity index (χ3n) is 2.31. The van der Waals surface area contributed by atoms with E-state index in [2.05, 4.69) is 4.90 Å². The Morgan fingerprint density at radius 2 is 2.00 bits per heavy atom. The van der Waals surface area contributed by atoms with Gasteiger partial charge in [-0.05, 0) is 39.8 Å². The fraction of sp³-hybridized carbons (Fsp3) is 1.00. The van der Waals surface area contributed by atoms with E-state index < -0.39 is 0 Å². The minimum Gasteiger partial charge on any atom is -0.390 e. The molecule has 0 amide bonds. The van der Waals surface area contributed by atoms with Crippen LogP contribution in [-0.4, -0.2) is 36.2 Å². The van der Waals surface area contributed by atoms with Crippen molar-refractivity contribution in [3.05, 3.63) is 0 Å². The highest BCUT2D eigenvalue weighted by Crippen LogP contribution is 2.34. The van der Waals surface area contributed by atoms with E-state index in [0.717, 1.165) is 25.8 Å². The number of rotatable bonds is 3. The Kier molecular flexibility index (Phi) is 2.32. The van der Waals surface area contributed by atoms with Gasteiger partial charge in [0.1, 0.15) is 0 Å². The molecule has 0 aromatic heterocycles. The van der Waals surface area contributed by atoms with Crippen molar-refractivity contribution in [1.29, 1.82) is 0 Å². The van der Waals surface area contributed by atoms with Crippen LogP contribution in [0.5, 0.6) is 0 Å². The van der Waals surface area contributed by atoms with Gasteiger partial charge in [-0.15, -0.1) is 0 Å². The molecule has 0 unspecified atom stereocenters. The first kappa shape index (κ1) is 8.02. The predicted molar refractivity (Wildman–Crippen MR) is 42.0 cm³/mol. The summed E-state index contributed by atoms with van der Waals surface area (Å²) in [5.41, 5.74) is -0.287. The summed E-state index contributed by atoms with van der Waals surface area (Å²) in [5, 5.41) is 9.63. The maximum absolute atomic E-state index is 9.63. The summed E-state index contributed by atoms with van der Waals surface area (Å²) < 4.78 is 0. The lowest BCUT2D eigenvalue weighted by molar-refractivity contribution is -0.0440. The molecule has 0 saturated heterocycles. The summed E-state index contributed by atoms with van der Waals surface area (Å²) in [7, 11) is 4.09. The molecule has 2 nitrogen and oxygen atoms in total. The zero-order valence-electron chi connectivity index (χ0n) is 6.93. The van der Waals surface area contributed by atoms with Crippen molar-refractivity contribution in [2.45, 2.75) is 31.3 Å². The molecule has 1 saturated carbocycles. The fourth-order valence-electron chi connectivity index (χ4n) is 1.27. The molecule has 1 aliphatic carbocycles. The second-order valence-electron chi connectivity index (χ2n) is 3.63. The summed E-state index contributed by atoms with van der Waals surface area (Å²) >= 11 is 0. The fourth-order valence-corrected chi connectivity index (χ4v) is 1.27. The molecular formula is C8H17NO. The normalized spacial score (nSPS) is 22.8. The molecule has 1 rings (SSSR count). The number of nitrogens with zero attached hydrogens (tertiary/aromatic N) is 1. The molecule has 2 heteroatoms. The van der Waals surface area contributed by atoms with E-state index in [-0.39, 0.29) is 5.60 Å². The number of hydrogen-bond donors (Lipinski definition) is 1. The van der Waals surface area contributed by atoms with E-state index in [1.165, 1.54) is 6.42 Å². The molecule has 60 valence electrons. The molecule has 0 radical (unpaired) electrons. The zero-order valence-corrected chi connectivity index (χ0v) is 6.93. The first-order chi connectivity index (χ1) is 4.62. The van der Waals surface area contributed by atoms with Crippen LogP contribution in [0.2, 0.25) is 0 Å². The molecule has 0 aromatic rings. The highest BCUT2D eigenvalue weighted by Gasteiger charge is 2.33. The van der Waals surface area contributed by atoms with E-state index in [4.69, 9.17) is 0 Å². The van der Waals surface area contributed by atoms with Crippen molar-refractivity contribution in [1.82, 2.24) is 4.90 Å². The second-order valence-corrected chi connectivity index (χ2v) is 3.63. The average molecular weight is 143 g/mol. The van der Waals surface area contributed by atoms with E-state index in [1.807, 2.05) is 14.1 Å². The Hall–Kier alpha value is -0.0800. The highest BCUT2D eigenvalue weighted by atomic mass is 16.3. The maximum atomic E-state index is 9.63. The van der Waals surface area contributed by atoms with Gasteiger partial charge in [-0.3, -0.25) is 0 Å². The van der Waals surface area contributed by atoms with Crippen molar-refractivity contribution in [2.24, 2.45) is 0 Å². The smallest absolute Gasteiger partial charge is 0.0660 e. The van der Waals surface area contributed by atoms with Crippen LogP contribution in [0, 0.1) is 0 Å². The summed E-state index contributed by atoms with van der Waals surface area (Å²) in [6.07, 6.45) is 4.19. The molecule has 1 aliphatic rings. The van der Waals surface area contributed by atoms with E-state index >= 15 is 0 Å². The van der Waals surface area contributed by atoms with Crippen LogP contribution < -0.4 is 0 Å². The Morgan fingerprint density at radius 1 is 1.40 bits per heavy atom. The van der Waals surface area contributed by atoms with Crippen molar-refractivity contribution < 1.29 is 5.11 Å². The molecule has 0 atom stereocenters. The van der Waals surface area contributed by atoms with Gasteiger partial charge in [-0.1, -0.05) is 0 Å². The van der Waals surface area contributed by atoms with Crippen LogP contribution in [-0.2, 0) is 0 Å². The lowest BCUT2D eigenvalue weighted by atomic mass is 9.78. The van der Waals surface area contributed by atoms with Crippen molar-refractivity contribution in [3.8, 4) is 0 Å². The highest BCUT2D eigenvalue weighted by molar-refractivity contribution is 4.87. The summed E-state index contributed by atoms with van der Waals surface area (Å²) in [6, 6.07) is 0. The molecule has 0 spiro atoms. The van der Waals surface area contributed by atoms with Crippen LogP contribution >= 0.6 is 0 Å². The summed E-state index contributed by atoms with van der Waals surface area (Å²) in [5.74, 6) is 0. The van der Waals surface area contributed by atoms with Gasteiger partial charge in [-0.25, -0.2) is 0 Å². The zero-order chi connectivity index (χ0) is 7.61. The summed E-state index contributed by atoms with van der Waals surface area (Å²) in [6.45, 7) is 1.01. The Bertz CT molecular complexity index is 108. The van der Waals surface area contributed by atoms with Gasteiger partial charge in [0, 0.05) is 6.54 Å². The third-order valence-corrected chi connectivity index (χ3v) is 2.31. The topological polar surface area (TPSA) is 23.5 Å². The second kappa shape index (κ2) is 2.89. The van der Waals surface area contributed by atoms with Crippen LogP contribution in [0.15, 0.2) is 0 Å². The first-order valence-corrected chi connectivity index (χ1v) is 3.99. The van der Waals surface area contributed by atoms with Crippen LogP contribution in [0.25, 0.3) is 0 Å². The third kappa shape index (κ3) is 1.96. The monoisotopic (exact) mass is 143 g/mol. The lowest BCUT2D eigenvalue weighted by Gasteiger charge is -2.37. The predicted octanol–water partition coefficient (Wildman–Crippen LogP) is 0.853. The molecule has 1 N–H and O–H groups in total. The van der Waals surface area contributed by atoms with Gasteiger partial charge in [0.15, 0.2) is 0 Å². The summed E-state index contributed by atoms with van der Waals surface area (Å²) in [4.78, 5) is 2.12. The standard InChI is InChI=1S/C8H17NO/c1-9(2)7-6-8(10)4-3-5-8/h10H,3-7H2,1-2H3. The van der Waals surface area contributed by atoms with Crippen molar-refractivity contribution in [2.75, 3.05) is 20.6 Å². The SMILES string of the molecule is CN(C)CCC1(O)CCC1. The van der Waals surface area contributed by atoms with E-state index in [1.54, 1.807) is 0 Å². The Labute approximate surface area is 62.8 Å². The van der Waals surface area contributed by atoms with Gasteiger partial charge in [0.05, 0.1) is 5.60 Å². The number of aliphatic hydroxyl groups is 1. The Balaban J connectivity index is 2.12. The van der Waals surface area contributed by atoms with Crippen LogP contribution in [0.4, 0.5) is 0 Å². The quantitative estimate of drug-likeness (QED) is 0.633. The van der Waals surface area contributed by atoms with E-state index in [9.17, 15) is 5.11 Å². The van der Waals surface area contributed by atoms with Gasteiger partial charge < -0.3 is 10.0 Å². The minimum atomic E-state index is -0.287. The average Bonchev–Trinajstić information content (AvgIpc) is 1.79. The molecule has 0 heterocycles. The van der Waals surface area contributed by atoms with Crippen LogP contribution in [0.3, 0.4) is 0 Å². The van der Waals surface area contributed by atoms with Crippen molar-refractivity contribution >= 4 is 0 Å². The van der Waals surface area contributed by atoms with Crippen molar-refractivity contribution in [3.63, 3.8) is 0 Å². The van der Waals surface area contributed by atoms with Crippen LogP contribution in [0.1, 0.15) is 25.7 Å². The largest absolute Gasteiger partial charge is 0.390 e. The molecule has 1 fully saturated rings. The first-order valence-electron chi connectivity index (χ1n) is 3.99. The van der Waals surface area contributed by atoms with Gasteiger partial charge in [0.2, 0.25) is 0 Å². The minimum absolute atomic E-state index is 0.287. The Morgan fingerprint density at radius 3 is 2.30 bits per heavy atom. The van der Waals surface area contributed by atoms with Gasteiger partial charge >= 0.3 is 0 Å². The molecule has 0 aliphatic heterocycles. The molecule has 10 heavy (non-hydrogen) atoms. The molecule has 0 aromatic carbocycles. The van der Waals surface area contributed by atoms with Gasteiger partial charge in [0.25, 0.3) is 0 Å². The lowest BCUT2D eigenvalue weighted by Crippen LogP contribution is -2.39. The van der Waals surface area contributed by atoms with E-state index in [0.29, 0.717) is 0 Å². The van der Waals surface area contributed by atoms with Gasteiger partial charge in [-0.2, -0.15) is 0 Å². The maximum Gasteiger partial charge on any atom is 0.0660 e.